The summed E-state index contributed by atoms with van der Waals surface area (Å²) in [5, 5.41) is 8.87. The maximum absolute atomic E-state index is 12.4. The summed E-state index contributed by atoms with van der Waals surface area (Å²) in [6.45, 7) is 4.87. The first-order valence-corrected chi connectivity index (χ1v) is 9.04. The van der Waals surface area contributed by atoms with Gasteiger partial charge in [0.15, 0.2) is 0 Å². The lowest BCUT2D eigenvalue weighted by Gasteiger charge is -2.09. The average Bonchev–Trinajstić information content (AvgIpc) is 3.26. The van der Waals surface area contributed by atoms with Crippen LogP contribution in [-0.2, 0) is 18.1 Å². The quantitative estimate of drug-likeness (QED) is 0.682. The van der Waals surface area contributed by atoms with Gasteiger partial charge in [-0.25, -0.2) is 4.68 Å². The molecule has 7 heteroatoms. The van der Waals surface area contributed by atoms with Gasteiger partial charge in [0.1, 0.15) is 19.1 Å². The number of hydrogen-bond donors (Lipinski definition) is 1. The van der Waals surface area contributed by atoms with Crippen molar-refractivity contribution < 1.29 is 14.3 Å². The molecule has 0 unspecified atom stereocenters. The van der Waals surface area contributed by atoms with Crippen LogP contribution in [0, 0.1) is 13.8 Å². The highest BCUT2D eigenvalue weighted by Crippen LogP contribution is 2.23. The van der Waals surface area contributed by atoms with E-state index in [1.54, 1.807) is 24.2 Å². The number of rotatable bonds is 7. The first kappa shape index (κ1) is 18.2. The van der Waals surface area contributed by atoms with Crippen molar-refractivity contribution in [2.24, 2.45) is 0 Å². The molecule has 1 aromatic carbocycles. The normalized spacial score (nSPS) is 10.7. The molecule has 0 aliphatic rings. The van der Waals surface area contributed by atoms with Gasteiger partial charge in [-0.05, 0) is 42.5 Å². The highest BCUT2D eigenvalue weighted by Gasteiger charge is 2.11. The Kier molecular flexibility index (Phi) is 5.70. The highest BCUT2D eigenvalue weighted by atomic mass is 32.1. The van der Waals surface area contributed by atoms with Crippen LogP contribution in [-0.4, -0.2) is 22.8 Å². The number of hydrogen-bond acceptors (Lipinski definition) is 5. The molecule has 0 saturated carbocycles. The van der Waals surface area contributed by atoms with E-state index in [1.807, 2.05) is 30.5 Å². The van der Waals surface area contributed by atoms with Crippen molar-refractivity contribution in [1.29, 1.82) is 0 Å². The zero-order chi connectivity index (χ0) is 18.5. The van der Waals surface area contributed by atoms with E-state index in [9.17, 15) is 4.79 Å². The molecule has 2 aromatic heterocycles. The number of carbonyl (C=O) groups is 1. The van der Waals surface area contributed by atoms with Gasteiger partial charge in [-0.2, -0.15) is 5.10 Å². The maximum atomic E-state index is 12.4. The summed E-state index contributed by atoms with van der Waals surface area (Å²) in [5.74, 6) is 0.706. The summed E-state index contributed by atoms with van der Waals surface area (Å²) in [7, 11) is 1.59. The van der Waals surface area contributed by atoms with Gasteiger partial charge in [-0.1, -0.05) is 12.1 Å². The zero-order valence-electron chi connectivity index (χ0n) is 15.0. The number of carbonyl (C=O) groups excluding carboxylic acids is 1. The summed E-state index contributed by atoms with van der Waals surface area (Å²) >= 11 is 1.39. The Morgan fingerprint density at radius 2 is 2.19 bits per heavy atom. The minimum atomic E-state index is -0.162. The van der Waals surface area contributed by atoms with Crippen molar-refractivity contribution >= 4 is 22.9 Å². The van der Waals surface area contributed by atoms with Crippen molar-refractivity contribution in [3.63, 3.8) is 0 Å². The summed E-state index contributed by atoms with van der Waals surface area (Å²) < 4.78 is 12.5. The van der Waals surface area contributed by atoms with Crippen molar-refractivity contribution in [2.75, 3.05) is 12.4 Å². The van der Waals surface area contributed by atoms with Crippen LogP contribution < -0.4 is 10.1 Å². The third-order valence-corrected chi connectivity index (χ3v) is 4.96. The van der Waals surface area contributed by atoms with E-state index >= 15 is 0 Å². The number of methoxy groups -OCH3 is 1. The molecular weight excluding hydrogens is 350 g/mol. The van der Waals surface area contributed by atoms with E-state index in [0.717, 1.165) is 16.9 Å². The van der Waals surface area contributed by atoms with E-state index in [1.165, 1.54) is 16.9 Å². The molecule has 0 aliphatic carbocycles. The number of amides is 1. The van der Waals surface area contributed by atoms with Gasteiger partial charge in [-0.15, -0.1) is 11.3 Å². The highest BCUT2D eigenvalue weighted by molar-refractivity contribution is 7.12. The smallest absolute Gasteiger partial charge is 0.265 e. The van der Waals surface area contributed by atoms with E-state index in [4.69, 9.17) is 9.47 Å². The second kappa shape index (κ2) is 8.16. The number of aromatic nitrogens is 2. The summed E-state index contributed by atoms with van der Waals surface area (Å²) in [5.41, 5.74) is 3.93. The molecule has 6 nitrogen and oxygen atoms in total. The van der Waals surface area contributed by atoms with Gasteiger partial charge in [0, 0.05) is 12.7 Å². The predicted molar refractivity (Wildman–Crippen MR) is 102 cm³/mol. The third-order valence-electron chi connectivity index (χ3n) is 3.98. The second-order valence-electron chi connectivity index (χ2n) is 5.95. The Morgan fingerprint density at radius 1 is 1.35 bits per heavy atom. The Labute approximate surface area is 156 Å². The number of nitrogens with one attached hydrogen (secondary N) is 1. The molecule has 136 valence electrons. The fourth-order valence-electron chi connectivity index (χ4n) is 2.44. The molecule has 2 heterocycles. The summed E-state index contributed by atoms with van der Waals surface area (Å²) in [6, 6.07) is 7.85. The molecule has 0 spiro atoms. The predicted octanol–water partition coefficient (Wildman–Crippen LogP) is 4.00. The van der Waals surface area contributed by atoms with Crippen molar-refractivity contribution in [1.82, 2.24) is 9.78 Å². The molecule has 3 aromatic rings. The van der Waals surface area contributed by atoms with Crippen LogP contribution in [0.15, 0.2) is 42.0 Å². The Hall–Kier alpha value is -2.64. The molecular formula is C19H21N3O3S. The summed E-state index contributed by atoms with van der Waals surface area (Å²) in [4.78, 5) is 13.0. The average molecular weight is 371 g/mol. The lowest BCUT2D eigenvalue weighted by atomic mass is 10.1. The van der Waals surface area contributed by atoms with E-state index in [0.29, 0.717) is 23.9 Å². The van der Waals surface area contributed by atoms with Crippen LogP contribution in [0.4, 0.5) is 5.69 Å². The second-order valence-corrected chi connectivity index (χ2v) is 6.86. The van der Waals surface area contributed by atoms with Gasteiger partial charge in [0.2, 0.25) is 0 Å². The van der Waals surface area contributed by atoms with E-state index in [2.05, 4.69) is 23.4 Å². The van der Waals surface area contributed by atoms with Crippen LogP contribution >= 0.6 is 11.3 Å². The van der Waals surface area contributed by atoms with Crippen LogP contribution in [0.25, 0.3) is 0 Å². The lowest BCUT2D eigenvalue weighted by molar-refractivity contribution is 0.103. The fourth-order valence-corrected chi connectivity index (χ4v) is 3.23. The number of nitrogens with zero attached hydrogens (tertiary/aromatic N) is 2. The molecule has 0 radical (unpaired) electrons. The van der Waals surface area contributed by atoms with Crippen LogP contribution in [0.5, 0.6) is 5.75 Å². The van der Waals surface area contributed by atoms with Crippen LogP contribution in [0.2, 0.25) is 0 Å². The molecule has 0 fully saturated rings. The molecule has 26 heavy (non-hydrogen) atoms. The molecule has 0 aliphatic heterocycles. The van der Waals surface area contributed by atoms with Gasteiger partial charge < -0.3 is 14.8 Å². The SMILES string of the molecule is COCn1cc(NC(=O)c2cc(COc3cccc(C)c3C)cs2)cn1. The Bertz CT molecular complexity index is 901. The molecule has 3 rings (SSSR count). The van der Waals surface area contributed by atoms with E-state index < -0.39 is 0 Å². The largest absolute Gasteiger partial charge is 0.489 e. The minimum Gasteiger partial charge on any atom is -0.489 e. The fraction of sp³-hybridized carbons (Fsp3) is 0.263. The molecule has 0 bridgehead atoms. The maximum Gasteiger partial charge on any atom is 0.265 e. The van der Waals surface area contributed by atoms with Crippen molar-refractivity contribution in [3.8, 4) is 5.75 Å². The first-order chi connectivity index (χ1) is 12.6. The summed E-state index contributed by atoms with van der Waals surface area (Å²) in [6.07, 6.45) is 3.31. The standard InChI is InChI=1S/C19H21N3O3S/c1-13-5-4-6-17(14(13)2)25-10-15-7-18(26-11-15)19(23)21-16-8-20-22(9-16)12-24-3/h4-9,11H,10,12H2,1-3H3,(H,21,23). The third kappa shape index (κ3) is 4.30. The molecule has 1 N–H and O–H groups in total. The van der Waals surface area contributed by atoms with E-state index in [-0.39, 0.29) is 5.91 Å². The topological polar surface area (TPSA) is 65.4 Å². The van der Waals surface area contributed by atoms with Gasteiger partial charge in [0.25, 0.3) is 5.91 Å². The zero-order valence-corrected chi connectivity index (χ0v) is 15.8. The monoisotopic (exact) mass is 371 g/mol. The van der Waals surface area contributed by atoms with Crippen molar-refractivity contribution in [3.05, 3.63) is 63.6 Å². The minimum absolute atomic E-state index is 0.162. The number of ether oxygens (including phenoxy) is 2. The number of thiophene rings is 1. The number of aryl methyl sites for hydroxylation is 1. The number of anilines is 1. The van der Waals surface area contributed by atoms with Gasteiger partial charge in [0.05, 0.1) is 23.0 Å². The lowest BCUT2D eigenvalue weighted by Crippen LogP contribution is -2.09. The Morgan fingerprint density at radius 3 is 3.00 bits per heavy atom. The van der Waals surface area contributed by atoms with Gasteiger partial charge >= 0.3 is 0 Å². The molecule has 0 atom stereocenters. The molecule has 0 saturated heterocycles. The number of benzene rings is 1. The van der Waals surface area contributed by atoms with Crippen molar-refractivity contribution in [2.45, 2.75) is 27.2 Å². The molecule has 1 amide bonds. The van der Waals surface area contributed by atoms with Crippen LogP contribution in [0.1, 0.15) is 26.4 Å². The van der Waals surface area contributed by atoms with Crippen LogP contribution in [0.3, 0.4) is 0 Å². The Balaban J connectivity index is 1.59. The van der Waals surface area contributed by atoms with Gasteiger partial charge in [-0.3, -0.25) is 4.79 Å². The first-order valence-electron chi connectivity index (χ1n) is 8.16.